The van der Waals surface area contributed by atoms with Crippen molar-refractivity contribution < 1.29 is 4.79 Å². The summed E-state index contributed by atoms with van der Waals surface area (Å²) in [6.45, 7) is 2.66. The van der Waals surface area contributed by atoms with E-state index in [0.717, 1.165) is 5.69 Å². The number of benzene rings is 2. The second-order valence-corrected chi connectivity index (χ2v) is 6.79. The monoisotopic (exact) mass is 383 g/mol. The Morgan fingerprint density at radius 1 is 0.917 bits per heavy atom. The van der Waals surface area contributed by atoms with E-state index >= 15 is 0 Å². The standard InChI is InChI=1S/C17H16Cl3N3O/c18-12-2-1-3-14(10-12)21-17(24)23-8-6-22(7-9-23)16-5-4-13(19)11-15(16)20/h1-5,10-11H,6-9H2,(H,21,24). The molecular weight excluding hydrogens is 369 g/mol. The smallest absolute Gasteiger partial charge is 0.321 e. The molecule has 1 heterocycles. The molecule has 0 aliphatic carbocycles. The van der Waals surface area contributed by atoms with Crippen molar-refractivity contribution in [1.29, 1.82) is 0 Å². The molecule has 0 spiro atoms. The van der Waals surface area contributed by atoms with Gasteiger partial charge in [-0.15, -0.1) is 0 Å². The summed E-state index contributed by atoms with van der Waals surface area (Å²) in [5.41, 5.74) is 1.63. The molecule has 0 atom stereocenters. The fraction of sp³-hybridized carbons (Fsp3) is 0.235. The largest absolute Gasteiger partial charge is 0.367 e. The normalized spacial score (nSPS) is 14.6. The van der Waals surface area contributed by atoms with Crippen LogP contribution >= 0.6 is 34.8 Å². The van der Waals surface area contributed by atoms with Gasteiger partial charge in [0.2, 0.25) is 0 Å². The highest BCUT2D eigenvalue weighted by molar-refractivity contribution is 6.36. The fourth-order valence-corrected chi connectivity index (χ4v) is 3.38. The van der Waals surface area contributed by atoms with Gasteiger partial charge in [-0.2, -0.15) is 0 Å². The lowest BCUT2D eigenvalue weighted by atomic mass is 10.2. The van der Waals surface area contributed by atoms with Gasteiger partial charge in [0, 0.05) is 41.9 Å². The Morgan fingerprint density at radius 3 is 2.29 bits per heavy atom. The summed E-state index contributed by atoms with van der Waals surface area (Å²) < 4.78 is 0. The second kappa shape index (κ2) is 7.51. The van der Waals surface area contributed by atoms with Crippen molar-refractivity contribution in [2.75, 3.05) is 36.4 Å². The first kappa shape index (κ1) is 17.2. The van der Waals surface area contributed by atoms with Crippen molar-refractivity contribution in [3.05, 3.63) is 57.5 Å². The molecule has 1 fully saturated rings. The number of halogens is 3. The minimum Gasteiger partial charge on any atom is -0.367 e. The lowest BCUT2D eigenvalue weighted by Gasteiger charge is -2.36. The minimum absolute atomic E-state index is 0.126. The van der Waals surface area contributed by atoms with E-state index < -0.39 is 0 Å². The maximum atomic E-state index is 12.3. The molecule has 0 saturated carbocycles. The first-order valence-corrected chi connectivity index (χ1v) is 8.68. The zero-order valence-electron chi connectivity index (χ0n) is 12.8. The van der Waals surface area contributed by atoms with E-state index in [9.17, 15) is 4.79 Å². The average Bonchev–Trinajstić information content (AvgIpc) is 2.55. The summed E-state index contributed by atoms with van der Waals surface area (Å²) in [5.74, 6) is 0. The van der Waals surface area contributed by atoms with Gasteiger partial charge in [0.25, 0.3) is 0 Å². The molecule has 1 aliphatic rings. The molecule has 24 heavy (non-hydrogen) atoms. The van der Waals surface area contributed by atoms with Crippen molar-refractivity contribution in [1.82, 2.24) is 4.90 Å². The first-order valence-electron chi connectivity index (χ1n) is 7.54. The van der Waals surface area contributed by atoms with Crippen LogP contribution in [0.5, 0.6) is 0 Å². The number of nitrogens with one attached hydrogen (secondary N) is 1. The van der Waals surface area contributed by atoms with Crippen molar-refractivity contribution in [2.45, 2.75) is 0 Å². The van der Waals surface area contributed by atoms with Gasteiger partial charge in [0.15, 0.2) is 0 Å². The molecule has 7 heteroatoms. The van der Waals surface area contributed by atoms with E-state index in [-0.39, 0.29) is 6.03 Å². The molecule has 2 amide bonds. The number of hydrogen-bond donors (Lipinski definition) is 1. The van der Waals surface area contributed by atoms with Crippen LogP contribution in [0.1, 0.15) is 0 Å². The third-order valence-electron chi connectivity index (χ3n) is 3.89. The summed E-state index contributed by atoms with van der Waals surface area (Å²) in [6.07, 6.45) is 0. The van der Waals surface area contributed by atoms with Crippen LogP contribution in [0.15, 0.2) is 42.5 Å². The van der Waals surface area contributed by atoms with E-state index in [1.54, 1.807) is 29.2 Å². The minimum atomic E-state index is -0.126. The quantitative estimate of drug-likeness (QED) is 0.791. The number of piperazine rings is 1. The lowest BCUT2D eigenvalue weighted by Crippen LogP contribution is -2.50. The van der Waals surface area contributed by atoms with Gasteiger partial charge in [0.05, 0.1) is 10.7 Å². The molecule has 1 aliphatic heterocycles. The highest BCUT2D eigenvalue weighted by Crippen LogP contribution is 2.29. The van der Waals surface area contributed by atoms with Crippen molar-refractivity contribution in [2.24, 2.45) is 0 Å². The van der Waals surface area contributed by atoms with Crippen LogP contribution in [0.25, 0.3) is 0 Å². The van der Waals surface area contributed by atoms with E-state index in [4.69, 9.17) is 34.8 Å². The molecule has 126 valence electrons. The zero-order valence-corrected chi connectivity index (χ0v) is 15.1. The Kier molecular flexibility index (Phi) is 5.39. The maximum Gasteiger partial charge on any atom is 0.321 e. The molecule has 0 radical (unpaired) electrons. The first-order chi connectivity index (χ1) is 11.5. The third-order valence-corrected chi connectivity index (χ3v) is 4.67. The number of anilines is 2. The van der Waals surface area contributed by atoms with E-state index in [1.807, 2.05) is 18.2 Å². The Labute approximate surface area is 155 Å². The van der Waals surface area contributed by atoms with Gasteiger partial charge in [-0.05, 0) is 36.4 Å². The van der Waals surface area contributed by atoms with Gasteiger partial charge in [0.1, 0.15) is 0 Å². The fourth-order valence-electron chi connectivity index (χ4n) is 2.66. The Balaban J connectivity index is 1.59. The Hall–Kier alpha value is -1.62. The number of urea groups is 1. The van der Waals surface area contributed by atoms with Crippen molar-refractivity contribution >= 4 is 52.2 Å². The molecule has 0 unspecified atom stereocenters. The second-order valence-electron chi connectivity index (χ2n) is 5.51. The number of nitrogens with zero attached hydrogens (tertiary/aromatic N) is 2. The Bertz CT molecular complexity index is 746. The van der Waals surface area contributed by atoms with E-state index in [0.29, 0.717) is 46.9 Å². The van der Waals surface area contributed by atoms with Crippen LogP contribution in [0, 0.1) is 0 Å². The van der Waals surface area contributed by atoms with Gasteiger partial charge in [-0.3, -0.25) is 0 Å². The predicted octanol–water partition coefficient (Wildman–Crippen LogP) is 5.00. The van der Waals surface area contributed by atoms with Crippen LogP contribution in [0.3, 0.4) is 0 Å². The van der Waals surface area contributed by atoms with Crippen LogP contribution < -0.4 is 10.2 Å². The molecule has 2 aromatic rings. The highest BCUT2D eigenvalue weighted by atomic mass is 35.5. The molecule has 2 aromatic carbocycles. The Morgan fingerprint density at radius 2 is 1.62 bits per heavy atom. The number of carbonyl (C=O) groups is 1. The molecule has 0 aromatic heterocycles. The highest BCUT2D eigenvalue weighted by Gasteiger charge is 2.22. The van der Waals surface area contributed by atoms with E-state index in [1.165, 1.54) is 0 Å². The molecule has 3 rings (SSSR count). The topological polar surface area (TPSA) is 35.6 Å². The van der Waals surface area contributed by atoms with Gasteiger partial charge < -0.3 is 15.1 Å². The summed E-state index contributed by atoms with van der Waals surface area (Å²) in [5, 5.41) is 4.70. The SMILES string of the molecule is O=C(Nc1cccc(Cl)c1)N1CCN(c2ccc(Cl)cc2Cl)CC1. The summed E-state index contributed by atoms with van der Waals surface area (Å²) in [6, 6.07) is 12.4. The van der Waals surface area contributed by atoms with Crippen LogP contribution in [-0.4, -0.2) is 37.1 Å². The van der Waals surface area contributed by atoms with Crippen LogP contribution in [0.4, 0.5) is 16.2 Å². The summed E-state index contributed by atoms with van der Waals surface area (Å²) >= 11 is 18.1. The number of amides is 2. The number of hydrogen-bond acceptors (Lipinski definition) is 2. The lowest BCUT2D eigenvalue weighted by molar-refractivity contribution is 0.208. The molecule has 1 saturated heterocycles. The van der Waals surface area contributed by atoms with Crippen molar-refractivity contribution in [3.63, 3.8) is 0 Å². The molecule has 1 N–H and O–H groups in total. The van der Waals surface area contributed by atoms with Gasteiger partial charge in [-0.1, -0.05) is 40.9 Å². The summed E-state index contributed by atoms with van der Waals surface area (Å²) in [7, 11) is 0. The van der Waals surface area contributed by atoms with Gasteiger partial charge in [-0.25, -0.2) is 4.79 Å². The van der Waals surface area contributed by atoms with Gasteiger partial charge >= 0.3 is 6.03 Å². The third kappa shape index (κ3) is 4.07. The predicted molar refractivity (Wildman–Crippen MR) is 101 cm³/mol. The number of carbonyl (C=O) groups excluding carboxylic acids is 1. The summed E-state index contributed by atoms with van der Waals surface area (Å²) in [4.78, 5) is 16.3. The average molecular weight is 385 g/mol. The van der Waals surface area contributed by atoms with Crippen LogP contribution in [-0.2, 0) is 0 Å². The number of rotatable bonds is 2. The van der Waals surface area contributed by atoms with E-state index in [2.05, 4.69) is 10.2 Å². The molecular formula is C17H16Cl3N3O. The van der Waals surface area contributed by atoms with Crippen LogP contribution in [0.2, 0.25) is 15.1 Å². The molecule has 4 nitrogen and oxygen atoms in total. The maximum absolute atomic E-state index is 12.3. The molecule has 0 bridgehead atoms. The van der Waals surface area contributed by atoms with Crippen molar-refractivity contribution in [3.8, 4) is 0 Å². The zero-order chi connectivity index (χ0) is 17.1.